The van der Waals surface area contributed by atoms with Crippen molar-refractivity contribution in [1.29, 1.82) is 0 Å². The number of hydrogen-bond donors (Lipinski definition) is 2. The van der Waals surface area contributed by atoms with E-state index in [0.717, 1.165) is 43.4 Å². The zero-order valence-electron chi connectivity index (χ0n) is 18.9. The smallest absolute Gasteiger partial charge is 0.250 e. The quantitative estimate of drug-likeness (QED) is 0.514. The Hall–Kier alpha value is -1.00. The molecule has 7 nitrogen and oxygen atoms in total. The van der Waals surface area contributed by atoms with Gasteiger partial charge in [0.05, 0.1) is 0 Å². The Bertz CT molecular complexity index is 769. The molecular weight excluding hydrogens is 432 g/mol. The zero-order valence-corrected chi connectivity index (χ0v) is 20.5. The number of sulfonamides is 1. The van der Waals surface area contributed by atoms with Crippen LogP contribution in [0.2, 0.25) is 0 Å². The van der Waals surface area contributed by atoms with Gasteiger partial charge in [0, 0.05) is 12.6 Å². The summed E-state index contributed by atoms with van der Waals surface area (Å²) in [5.41, 5.74) is 0. The number of piperidine rings is 2. The largest absolute Gasteiger partial charge is 0.355 e. The Balaban J connectivity index is 1.37. The van der Waals surface area contributed by atoms with Crippen LogP contribution in [0.3, 0.4) is 0 Å². The maximum Gasteiger partial charge on any atom is 0.250 e. The lowest BCUT2D eigenvalue weighted by Crippen LogP contribution is -2.50. The van der Waals surface area contributed by atoms with E-state index in [1.54, 1.807) is 17.5 Å². The molecule has 0 bridgehead atoms. The van der Waals surface area contributed by atoms with Gasteiger partial charge in [0.15, 0.2) is 0 Å². The van der Waals surface area contributed by atoms with Crippen LogP contribution in [-0.4, -0.2) is 75.5 Å². The first-order valence-electron chi connectivity index (χ1n) is 11.7. The van der Waals surface area contributed by atoms with Gasteiger partial charge in [-0.05, 0) is 82.2 Å². The van der Waals surface area contributed by atoms with Crippen molar-refractivity contribution in [3.8, 4) is 0 Å². The molecule has 0 aromatic carbocycles. The first kappa shape index (κ1) is 24.6. The fourth-order valence-corrected chi connectivity index (χ4v) is 6.90. The van der Waals surface area contributed by atoms with Gasteiger partial charge in [0.25, 0.3) is 10.0 Å². The van der Waals surface area contributed by atoms with Crippen LogP contribution >= 0.6 is 11.3 Å². The van der Waals surface area contributed by atoms with Crippen LogP contribution in [0, 0.1) is 5.92 Å². The number of carbonyl (C=O) groups is 1. The molecule has 3 heterocycles. The average molecular weight is 471 g/mol. The minimum Gasteiger partial charge on any atom is -0.355 e. The SMILES string of the molecule is CC(C)[C@H](NS(=O)(=O)c1cccs1)C(=O)NCCCN1CCC(N2CCCCC2)CC1. The molecule has 1 atom stereocenters. The van der Waals surface area contributed by atoms with E-state index in [0.29, 0.717) is 6.54 Å². The third kappa shape index (κ3) is 7.25. The first-order chi connectivity index (χ1) is 14.9. The fraction of sp³-hybridized carbons (Fsp3) is 0.773. The summed E-state index contributed by atoms with van der Waals surface area (Å²) in [6.45, 7) is 10.0. The molecule has 0 unspecified atom stereocenters. The molecule has 0 aliphatic carbocycles. The van der Waals surface area contributed by atoms with E-state index in [1.807, 2.05) is 13.8 Å². The van der Waals surface area contributed by atoms with Crippen LogP contribution in [-0.2, 0) is 14.8 Å². The van der Waals surface area contributed by atoms with Crippen molar-refractivity contribution in [2.45, 2.75) is 68.7 Å². The van der Waals surface area contributed by atoms with Crippen LogP contribution < -0.4 is 10.0 Å². The fourth-order valence-electron chi connectivity index (χ4n) is 4.55. The molecule has 1 amide bonds. The van der Waals surface area contributed by atoms with Gasteiger partial charge in [-0.3, -0.25) is 4.79 Å². The van der Waals surface area contributed by atoms with Gasteiger partial charge in [0.2, 0.25) is 5.91 Å². The number of nitrogens with one attached hydrogen (secondary N) is 2. The summed E-state index contributed by atoms with van der Waals surface area (Å²) in [6.07, 6.45) is 7.44. The van der Waals surface area contributed by atoms with Crippen molar-refractivity contribution in [2.75, 3.05) is 39.3 Å². The molecule has 0 radical (unpaired) electrons. The van der Waals surface area contributed by atoms with Crippen LogP contribution in [0.1, 0.15) is 52.4 Å². The van der Waals surface area contributed by atoms with E-state index in [9.17, 15) is 13.2 Å². The molecule has 0 spiro atoms. The Morgan fingerprint density at radius 2 is 1.87 bits per heavy atom. The normalized spacial score (nSPS) is 20.7. The summed E-state index contributed by atoms with van der Waals surface area (Å²) in [7, 11) is -3.67. The van der Waals surface area contributed by atoms with Gasteiger partial charge in [-0.1, -0.05) is 26.3 Å². The second kappa shape index (κ2) is 11.7. The van der Waals surface area contributed by atoms with Gasteiger partial charge < -0.3 is 15.1 Å². The van der Waals surface area contributed by atoms with Gasteiger partial charge in [0.1, 0.15) is 10.3 Å². The number of thiophene rings is 1. The Labute approximate surface area is 191 Å². The predicted octanol–water partition coefficient (Wildman–Crippen LogP) is 2.51. The number of carbonyl (C=O) groups excluding carboxylic acids is 1. The zero-order chi connectivity index (χ0) is 22.3. The molecule has 31 heavy (non-hydrogen) atoms. The van der Waals surface area contributed by atoms with Crippen molar-refractivity contribution in [2.24, 2.45) is 5.92 Å². The highest BCUT2D eigenvalue weighted by Crippen LogP contribution is 2.21. The average Bonchev–Trinajstić information content (AvgIpc) is 3.32. The van der Waals surface area contributed by atoms with E-state index in [1.165, 1.54) is 45.2 Å². The van der Waals surface area contributed by atoms with E-state index < -0.39 is 16.1 Å². The third-order valence-corrected chi connectivity index (χ3v) is 9.24. The summed E-state index contributed by atoms with van der Waals surface area (Å²) in [5, 5.41) is 4.65. The van der Waals surface area contributed by atoms with E-state index >= 15 is 0 Å². The van der Waals surface area contributed by atoms with Crippen LogP contribution in [0.4, 0.5) is 0 Å². The minimum atomic E-state index is -3.67. The molecule has 2 saturated heterocycles. The first-order valence-corrected chi connectivity index (χ1v) is 14.0. The molecule has 3 rings (SSSR count). The van der Waals surface area contributed by atoms with Crippen LogP contribution in [0.25, 0.3) is 0 Å². The monoisotopic (exact) mass is 470 g/mol. The number of likely N-dealkylation sites (tertiary alicyclic amines) is 2. The van der Waals surface area contributed by atoms with E-state index in [2.05, 4.69) is 19.8 Å². The van der Waals surface area contributed by atoms with E-state index in [-0.39, 0.29) is 16.0 Å². The maximum atomic E-state index is 12.6. The third-order valence-electron chi connectivity index (χ3n) is 6.41. The van der Waals surface area contributed by atoms with Crippen molar-refractivity contribution in [1.82, 2.24) is 19.8 Å². The van der Waals surface area contributed by atoms with Crippen molar-refractivity contribution < 1.29 is 13.2 Å². The Morgan fingerprint density at radius 3 is 2.48 bits per heavy atom. The summed E-state index contributed by atoms with van der Waals surface area (Å²) in [4.78, 5) is 17.8. The number of nitrogens with zero attached hydrogens (tertiary/aromatic N) is 2. The van der Waals surface area contributed by atoms with Crippen LogP contribution in [0.5, 0.6) is 0 Å². The molecule has 2 aliphatic rings. The molecule has 2 fully saturated rings. The summed E-state index contributed by atoms with van der Waals surface area (Å²) < 4.78 is 27.8. The molecule has 0 saturated carbocycles. The maximum absolute atomic E-state index is 12.6. The van der Waals surface area contributed by atoms with E-state index in [4.69, 9.17) is 0 Å². The molecule has 176 valence electrons. The molecule has 9 heteroatoms. The summed E-state index contributed by atoms with van der Waals surface area (Å²) in [6, 6.07) is 3.22. The molecule has 2 aliphatic heterocycles. The Morgan fingerprint density at radius 1 is 1.16 bits per heavy atom. The lowest BCUT2D eigenvalue weighted by atomic mass is 10.00. The topological polar surface area (TPSA) is 81.7 Å². The Kier molecular flexibility index (Phi) is 9.33. The van der Waals surface area contributed by atoms with Gasteiger partial charge in [-0.15, -0.1) is 11.3 Å². The van der Waals surface area contributed by atoms with Crippen LogP contribution in [0.15, 0.2) is 21.7 Å². The minimum absolute atomic E-state index is 0.136. The summed E-state index contributed by atoms with van der Waals surface area (Å²) in [5.74, 6) is -0.387. The lowest BCUT2D eigenvalue weighted by molar-refractivity contribution is -0.123. The molecular formula is C22H38N4O3S2. The highest BCUT2D eigenvalue weighted by atomic mass is 32.2. The number of amides is 1. The second-order valence-electron chi connectivity index (χ2n) is 9.09. The summed E-state index contributed by atoms with van der Waals surface area (Å²) >= 11 is 1.15. The van der Waals surface area contributed by atoms with Crippen molar-refractivity contribution in [3.05, 3.63) is 17.5 Å². The van der Waals surface area contributed by atoms with Gasteiger partial charge >= 0.3 is 0 Å². The van der Waals surface area contributed by atoms with Crippen molar-refractivity contribution in [3.63, 3.8) is 0 Å². The van der Waals surface area contributed by atoms with Crippen molar-refractivity contribution >= 4 is 27.3 Å². The highest BCUT2D eigenvalue weighted by Gasteiger charge is 2.29. The molecule has 2 N–H and O–H groups in total. The molecule has 1 aromatic rings. The standard InChI is InChI=1S/C22H38N4O3S2/c1-18(2)21(24-31(28,29)20-8-6-17-30-20)22(27)23-11-7-12-25-15-9-19(10-16-25)26-13-4-3-5-14-26/h6,8,17-19,21,24H,3-5,7,9-16H2,1-2H3,(H,23,27)/t21-/m0/s1. The van der Waals surface area contributed by atoms with Gasteiger partial charge in [-0.2, -0.15) is 4.72 Å². The number of rotatable bonds is 10. The molecule has 1 aromatic heterocycles. The predicted molar refractivity (Wildman–Crippen MR) is 126 cm³/mol. The van der Waals surface area contributed by atoms with Gasteiger partial charge in [-0.25, -0.2) is 8.42 Å². The highest BCUT2D eigenvalue weighted by molar-refractivity contribution is 7.91. The second-order valence-corrected chi connectivity index (χ2v) is 12.0. The lowest BCUT2D eigenvalue weighted by Gasteiger charge is -2.40. The number of hydrogen-bond acceptors (Lipinski definition) is 6.